The van der Waals surface area contributed by atoms with Crippen LogP contribution in [0.25, 0.3) is 0 Å². The lowest BCUT2D eigenvalue weighted by Crippen LogP contribution is -2.32. The molecule has 0 unspecified atom stereocenters. The molecule has 0 saturated carbocycles. The van der Waals surface area contributed by atoms with Gasteiger partial charge in [0.2, 0.25) is 10.0 Å². The summed E-state index contributed by atoms with van der Waals surface area (Å²) < 4.78 is 39.3. The second-order valence-electron chi connectivity index (χ2n) is 4.60. The summed E-state index contributed by atoms with van der Waals surface area (Å²) >= 11 is 0. The van der Waals surface area contributed by atoms with Crippen molar-refractivity contribution in [2.45, 2.75) is 12.7 Å². The molecule has 0 aliphatic heterocycles. The molecular formula is C15H17FN2O2S. The lowest BCUT2D eigenvalue weighted by atomic mass is 10.2. The fraction of sp³-hybridized carbons (Fsp3) is 0.200. The molecule has 4 nitrogen and oxygen atoms in total. The van der Waals surface area contributed by atoms with E-state index in [2.05, 4.69) is 0 Å². The molecule has 0 aliphatic rings. The number of hydrogen-bond acceptors (Lipinski definition) is 3. The summed E-state index contributed by atoms with van der Waals surface area (Å²) in [7, 11) is -3.58. The predicted octanol–water partition coefficient (Wildman–Crippen LogP) is 2.76. The van der Waals surface area contributed by atoms with Gasteiger partial charge in [0.25, 0.3) is 0 Å². The molecule has 0 heterocycles. The zero-order chi connectivity index (χ0) is 15.5. The molecule has 112 valence electrons. The van der Waals surface area contributed by atoms with Crippen molar-refractivity contribution in [1.29, 1.82) is 0 Å². The largest absolute Gasteiger partial charge is 0.398 e. The predicted molar refractivity (Wildman–Crippen MR) is 82.9 cm³/mol. The first-order valence-corrected chi connectivity index (χ1v) is 8.14. The van der Waals surface area contributed by atoms with Crippen LogP contribution in [0.5, 0.6) is 0 Å². The molecule has 21 heavy (non-hydrogen) atoms. The average Bonchev–Trinajstić information content (AvgIpc) is 2.44. The highest BCUT2D eigenvalue weighted by atomic mass is 32.2. The van der Waals surface area contributed by atoms with Crippen molar-refractivity contribution in [3.63, 3.8) is 0 Å². The van der Waals surface area contributed by atoms with Gasteiger partial charge >= 0.3 is 0 Å². The molecule has 0 fully saturated rings. The fourth-order valence-corrected chi connectivity index (χ4v) is 3.74. The minimum absolute atomic E-state index is 0.190. The number of sulfonamides is 1. The number of rotatable bonds is 5. The zero-order valence-electron chi connectivity index (χ0n) is 11.7. The van der Waals surface area contributed by atoms with Crippen molar-refractivity contribution in [2.75, 3.05) is 16.6 Å². The third-order valence-electron chi connectivity index (χ3n) is 3.13. The summed E-state index contributed by atoms with van der Waals surface area (Å²) in [6.45, 7) is 2.00. The standard InChI is InChI=1S/C15H17FN2O2S/c1-2-18(14-9-7-13(16)8-10-14)21(19,20)11-12-5-3-4-6-15(12)17/h3-10H,2,11,17H2,1H3. The van der Waals surface area contributed by atoms with Crippen LogP contribution in [0.2, 0.25) is 0 Å². The van der Waals surface area contributed by atoms with Crippen LogP contribution < -0.4 is 10.0 Å². The Kier molecular flexibility index (Phi) is 4.47. The van der Waals surface area contributed by atoms with Gasteiger partial charge in [0.15, 0.2) is 0 Å². The highest BCUT2D eigenvalue weighted by Gasteiger charge is 2.22. The van der Waals surface area contributed by atoms with Gasteiger partial charge in [-0.25, -0.2) is 12.8 Å². The molecule has 0 amide bonds. The molecule has 0 spiro atoms. The highest BCUT2D eigenvalue weighted by Crippen LogP contribution is 2.22. The van der Waals surface area contributed by atoms with Crippen LogP contribution in [-0.4, -0.2) is 15.0 Å². The number of nitrogens with two attached hydrogens (primary N) is 1. The smallest absolute Gasteiger partial charge is 0.239 e. The summed E-state index contributed by atoms with van der Waals surface area (Å²) in [6.07, 6.45) is 0. The average molecular weight is 308 g/mol. The van der Waals surface area contributed by atoms with E-state index in [1.807, 2.05) is 0 Å². The number of nitrogens with zero attached hydrogens (tertiary/aromatic N) is 1. The van der Waals surface area contributed by atoms with E-state index in [4.69, 9.17) is 5.73 Å². The number of para-hydroxylation sites is 1. The monoisotopic (exact) mass is 308 g/mol. The van der Waals surface area contributed by atoms with E-state index < -0.39 is 15.8 Å². The second kappa shape index (κ2) is 6.13. The Balaban J connectivity index is 2.32. The van der Waals surface area contributed by atoms with Crippen LogP contribution in [0.4, 0.5) is 15.8 Å². The summed E-state index contributed by atoms with van der Waals surface area (Å²) in [6, 6.07) is 12.2. The van der Waals surface area contributed by atoms with Gasteiger partial charge in [0, 0.05) is 12.2 Å². The van der Waals surface area contributed by atoms with E-state index in [0.29, 0.717) is 16.9 Å². The van der Waals surface area contributed by atoms with Crippen molar-refractivity contribution < 1.29 is 12.8 Å². The third-order valence-corrected chi connectivity index (χ3v) is 4.95. The Morgan fingerprint density at radius 1 is 1.10 bits per heavy atom. The Labute approximate surface area is 124 Å². The first kappa shape index (κ1) is 15.3. The molecule has 0 saturated heterocycles. The maximum absolute atomic E-state index is 13.0. The quantitative estimate of drug-likeness (QED) is 0.864. The number of anilines is 2. The fourth-order valence-electron chi connectivity index (χ4n) is 2.09. The van der Waals surface area contributed by atoms with Gasteiger partial charge in [-0.15, -0.1) is 0 Å². The zero-order valence-corrected chi connectivity index (χ0v) is 12.5. The topological polar surface area (TPSA) is 63.4 Å². The molecule has 2 N–H and O–H groups in total. The molecule has 2 aromatic rings. The second-order valence-corrected chi connectivity index (χ2v) is 6.49. The maximum Gasteiger partial charge on any atom is 0.239 e. The molecule has 6 heteroatoms. The normalized spacial score (nSPS) is 11.3. The first-order chi connectivity index (χ1) is 9.94. The molecule has 0 bridgehead atoms. The van der Waals surface area contributed by atoms with E-state index in [9.17, 15) is 12.8 Å². The number of nitrogen functional groups attached to an aromatic ring is 1. The van der Waals surface area contributed by atoms with Crippen molar-refractivity contribution in [2.24, 2.45) is 0 Å². The van der Waals surface area contributed by atoms with Crippen LogP contribution in [0, 0.1) is 5.82 Å². The van der Waals surface area contributed by atoms with Crippen LogP contribution in [0.3, 0.4) is 0 Å². The van der Waals surface area contributed by atoms with Gasteiger partial charge in [0.05, 0.1) is 11.4 Å². The van der Waals surface area contributed by atoms with Gasteiger partial charge in [0.1, 0.15) is 5.82 Å². The SMILES string of the molecule is CCN(c1ccc(F)cc1)S(=O)(=O)Cc1ccccc1N. The molecule has 2 aromatic carbocycles. The molecule has 0 radical (unpaired) electrons. The van der Waals surface area contributed by atoms with Crippen LogP contribution >= 0.6 is 0 Å². The summed E-state index contributed by atoms with van der Waals surface area (Å²) in [4.78, 5) is 0. The van der Waals surface area contributed by atoms with E-state index in [1.165, 1.54) is 28.6 Å². The minimum atomic E-state index is -3.58. The van der Waals surface area contributed by atoms with E-state index in [0.717, 1.165) is 0 Å². The van der Waals surface area contributed by atoms with Crippen LogP contribution in [0.15, 0.2) is 48.5 Å². The Hall–Kier alpha value is -2.08. The highest BCUT2D eigenvalue weighted by molar-refractivity contribution is 7.92. The van der Waals surface area contributed by atoms with E-state index in [1.54, 1.807) is 31.2 Å². The third kappa shape index (κ3) is 3.52. The van der Waals surface area contributed by atoms with Crippen molar-refractivity contribution in [3.05, 3.63) is 59.9 Å². The summed E-state index contributed by atoms with van der Waals surface area (Å²) in [5.74, 6) is -0.593. The van der Waals surface area contributed by atoms with E-state index >= 15 is 0 Å². The Morgan fingerprint density at radius 2 is 1.71 bits per heavy atom. The summed E-state index contributed by atoms with van der Waals surface area (Å²) in [5.41, 5.74) is 7.23. The van der Waals surface area contributed by atoms with Crippen molar-refractivity contribution in [3.8, 4) is 0 Å². The molecule has 0 atom stereocenters. The molecule has 0 aromatic heterocycles. The Bertz CT molecular complexity index is 715. The Morgan fingerprint density at radius 3 is 2.29 bits per heavy atom. The van der Waals surface area contributed by atoms with E-state index in [-0.39, 0.29) is 12.3 Å². The van der Waals surface area contributed by atoms with Crippen molar-refractivity contribution >= 4 is 21.4 Å². The lowest BCUT2D eigenvalue weighted by molar-refractivity contribution is 0.590. The van der Waals surface area contributed by atoms with Crippen LogP contribution in [-0.2, 0) is 15.8 Å². The first-order valence-electron chi connectivity index (χ1n) is 6.53. The number of hydrogen-bond donors (Lipinski definition) is 1. The summed E-state index contributed by atoms with van der Waals surface area (Å²) in [5, 5.41) is 0. The molecule has 0 aliphatic carbocycles. The molecular weight excluding hydrogens is 291 g/mol. The number of halogens is 1. The van der Waals surface area contributed by atoms with Crippen molar-refractivity contribution in [1.82, 2.24) is 0 Å². The maximum atomic E-state index is 13.0. The van der Waals surface area contributed by atoms with Gasteiger partial charge in [-0.3, -0.25) is 4.31 Å². The van der Waals surface area contributed by atoms with Gasteiger partial charge < -0.3 is 5.73 Å². The van der Waals surface area contributed by atoms with Gasteiger partial charge in [-0.2, -0.15) is 0 Å². The minimum Gasteiger partial charge on any atom is -0.398 e. The van der Waals surface area contributed by atoms with Crippen LogP contribution in [0.1, 0.15) is 12.5 Å². The lowest BCUT2D eigenvalue weighted by Gasteiger charge is -2.23. The van der Waals surface area contributed by atoms with Gasteiger partial charge in [-0.1, -0.05) is 18.2 Å². The molecule has 2 rings (SSSR count). The van der Waals surface area contributed by atoms with Gasteiger partial charge in [-0.05, 0) is 42.8 Å². The number of benzene rings is 2.